The molecular formula is C3H8CuN3O4Sn. The molecule has 0 saturated heterocycles. The van der Waals surface area contributed by atoms with Crippen LogP contribution in [0.15, 0.2) is 14.4 Å². The third-order valence-electron chi connectivity index (χ3n) is 0.681. The summed E-state index contributed by atoms with van der Waals surface area (Å²) in [6.45, 7) is 0. The molecule has 74 valence electrons. The van der Waals surface area contributed by atoms with Crippen molar-refractivity contribution in [1.82, 2.24) is 15.0 Å². The molecule has 0 spiro atoms. The van der Waals surface area contributed by atoms with Gasteiger partial charge < -0.3 is 5.48 Å². The van der Waals surface area contributed by atoms with Crippen LogP contribution in [0.1, 0.15) is 0 Å². The van der Waals surface area contributed by atoms with Crippen LogP contribution in [0.3, 0.4) is 0 Å². The van der Waals surface area contributed by atoms with E-state index in [2.05, 4.69) is 0 Å². The first kappa shape index (κ1) is 17.7. The van der Waals surface area contributed by atoms with E-state index in [0.717, 1.165) is 0 Å². The predicted octanol–water partition coefficient (Wildman–Crippen LogP) is -4.26. The summed E-state index contributed by atoms with van der Waals surface area (Å²) in [5.74, 6) is 0. The number of hydrogen-bond acceptors (Lipinski definition) is 3. The summed E-state index contributed by atoms with van der Waals surface area (Å²) in [7, 11) is 0. The topological polar surface area (TPSA) is 130 Å². The molecule has 0 amide bonds. The van der Waals surface area contributed by atoms with Gasteiger partial charge in [0.15, 0.2) is 0 Å². The molecule has 0 aliphatic rings. The molecule has 1 rings (SSSR count). The fourth-order valence-corrected chi connectivity index (χ4v) is 0.403. The Morgan fingerprint density at radius 2 is 0.917 bits per heavy atom. The zero-order valence-electron chi connectivity index (χ0n) is 6.03. The van der Waals surface area contributed by atoms with Crippen LogP contribution < -0.4 is 17.1 Å². The molecule has 0 bridgehead atoms. The van der Waals surface area contributed by atoms with Crippen molar-refractivity contribution >= 4 is 23.9 Å². The molecule has 0 saturated carbocycles. The van der Waals surface area contributed by atoms with Gasteiger partial charge in [-0.1, -0.05) is 0 Å². The second-order valence-corrected chi connectivity index (χ2v) is 1.36. The van der Waals surface area contributed by atoms with Gasteiger partial charge in [0.2, 0.25) is 0 Å². The Hall–Kier alpha value is -0.312. The second kappa shape index (κ2) is 7.34. The van der Waals surface area contributed by atoms with Crippen LogP contribution in [0, 0.1) is 0 Å². The molecule has 0 unspecified atom stereocenters. The molecule has 1 aromatic rings. The van der Waals surface area contributed by atoms with E-state index in [1.165, 1.54) is 0 Å². The van der Waals surface area contributed by atoms with E-state index < -0.39 is 17.1 Å². The average Bonchev–Trinajstić information content (AvgIpc) is 1.59. The summed E-state index contributed by atoms with van der Waals surface area (Å²) < 4.78 is 0. The molecular weight excluding hydrogens is 324 g/mol. The summed E-state index contributed by atoms with van der Waals surface area (Å²) >= 11 is 0. The fraction of sp³-hybridized carbons (Fsp3) is 0. The van der Waals surface area contributed by atoms with Crippen LogP contribution in [0.25, 0.3) is 0 Å². The molecule has 0 aliphatic heterocycles. The maximum atomic E-state index is 10.2. The quantitative estimate of drug-likeness (QED) is 0.416. The molecule has 2 radical (unpaired) electrons. The number of hydrogen-bond donors (Lipinski definition) is 3. The van der Waals surface area contributed by atoms with Gasteiger partial charge in [0.25, 0.3) is 0 Å². The molecule has 0 fully saturated rings. The van der Waals surface area contributed by atoms with Crippen LogP contribution in [-0.4, -0.2) is 44.3 Å². The Morgan fingerprint density at radius 1 is 0.750 bits per heavy atom. The summed E-state index contributed by atoms with van der Waals surface area (Å²) in [5, 5.41) is 0. The summed E-state index contributed by atoms with van der Waals surface area (Å²) in [4.78, 5) is 35.9. The van der Waals surface area contributed by atoms with Gasteiger partial charge in [0, 0.05) is 17.1 Å². The van der Waals surface area contributed by atoms with Crippen molar-refractivity contribution in [1.29, 1.82) is 0 Å². The molecule has 0 aliphatic carbocycles. The number of aromatic amines is 3. The SMILES string of the molecule is O.O=c1[nH]c(=O)[nH]c(=O)[nH]1.[Cu].[SnH3]. The number of nitrogens with one attached hydrogen (secondary N) is 3. The Bertz CT molecular complexity index is 288. The van der Waals surface area contributed by atoms with E-state index in [9.17, 15) is 14.4 Å². The van der Waals surface area contributed by atoms with E-state index >= 15 is 0 Å². The van der Waals surface area contributed by atoms with Gasteiger partial charge in [-0.05, 0) is 0 Å². The molecule has 5 N–H and O–H groups in total. The summed E-state index contributed by atoms with van der Waals surface area (Å²) in [6.07, 6.45) is 0. The van der Waals surface area contributed by atoms with E-state index in [4.69, 9.17) is 0 Å². The van der Waals surface area contributed by atoms with Crippen molar-refractivity contribution in [2.75, 3.05) is 0 Å². The molecule has 1 aromatic heterocycles. The molecule has 0 aromatic carbocycles. The zero-order chi connectivity index (χ0) is 6.85. The first-order chi connectivity index (χ1) is 4.18. The third-order valence-corrected chi connectivity index (χ3v) is 0.681. The van der Waals surface area contributed by atoms with Crippen molar-refractivity contribution in [3.63, 3.8) is 0 Å². The molecule has 1 heterocycles. The minimum absolute atomic E-state index is 0. The molecule has 0 atom stereocenters. The van der Waals surface area contributed by atoms with E-state index in [1.807, 2.05) is 0 Å². The number of rotatable bonds is 0. The van der Waals surface area contributed by atoms with Crippen LogP contribution in [0.2, 0.25) is 0 Å². The predicted molar refractivity (Wildman–Crippen MR) is 41.9 cm³/mol. The van der Waals surface area contributed by atoms with Crippen molar-refractivity contribution in [2.45, 2.75) is 0 Å². The van der Waals surface area contributed by atoms with Crippen LogP contribution >= 0.6 is 0 Å². The van der Waals surface area contributed by atoms with Gasteiger partial charge in [-0.15, -0.1) is 0 Å². The Balaban J connectivity index is -0.000000270. The standard InChI is InChI=1S/C3H3N3O3.Cu.H2O.Sn.3H/c7-1-4-2(8)6-3(9)5-1;;;;;;/h(H3,4,5,6,7,8,9);;1H2;;;;. The van der Waals surface area contributed by atoms with Crippen molar-refractivity contribution in [3.8, 4) is 0 Å². The van der Waals surface area contributed by atoms with Crippen LogP contribution in [0.4, 0.5) is 0 Å². The molecule has 7 nitrogen and oxygen atoms in total. The Morgan fingerprint density at radius 3 is 1.08 bits per heavy atom. The maximum absolute atomic E-state index is 10.2. The fourth-order valence-electron chi connectivity index (χ4n) is 0.403. The van der Waals surface area contributed by atoms with Crippen molar-refractivity contribution in [3.05, 3.63) is 31.5 Å². The first-order valence-electron chi connectivity index (χ1n) is 2.11. The van der Waals surface area contributed by atoms with Crippen LogP contribution in [0.5, 0.6) is 0 Å². The van der Waals surface area contributed by atoms with Crippen molar-refractivity contribution in [2.24, 2.45) is 0 Å². The summed E-state index contributed by atoms with van der Waals surface area (Å²) in [6, 6.07) is 0. The van der Waals surface area contributed by atoms with Gasteiger partial charge >= 0.3 is 41.0 Å². The van der Waals surface area contributed by atoms with Gasteiger partial charge in [0.1, 0.15) is 0 Å². The van der Waals surface area contributed by atoms with Gasteiger partial charge in [-0.25, -0.2) is 14.4 Å². The van der Waals surface area contributed by atoms with Gasteiger partial charge in [0.05, 0.1) is 0 Å². The van der Waals surface area contributed by atoms with Gasteiger partial charge in [-0.2, -0.15) is 0 Å². The summed E-state index contributed by atoms with van der Waals surface area (Å²) in [5.41, 5.74) is -2.41. The van der Waals surface area contributed by atoms with E-state index in [-0.39, 0.29) is 46.5 Å². The number of H-pyrrole nitrogens is 3. The van der Waals surface area contributed by atoms with E-state index in [0.29, 0.717) is 0 Å². The van der Waals surface area contributed by atoms with E-state index in [1.54, 1.807) is 15.0 Å². The average molecular weight is 332 g/mol. The monoisotopic (exact) mass is 333 g/mol. The normalized spacial score (nSPS) is 7.00. The minimum atomic E-state index is -0.802. The number of aromatic nitrogens is 3. The molecule has 12 heavy (non-hydrogen) atoms. The Kier molecular flexibility index (Phi) is 10.8. The van der Waals surface area contributed by atoms with Crippen molar-refractivity contribution < 1.29 is 22.5 Å². The van der Waals surface area contributed by atoms with Gasteiger partial charge in [-0.3, -0.25) is 15.0 Å². The Labute approximate surface area is 92.7 Å². The third kappa shape index (κ3) is 5.35. The second-order valence-electron chi connectivity index (χ2n) is 1.36. The first-order valence-corrected chi connectivity index (χ1v) is 2.11. The van der Waals surface area contributed by atoms with Crippen LogP contribution in [-0.2, 0) is 17.1 Å². The molecule has 9 heteroatoms. The zero-order valence-corrected chi connectivity index (χ0v) is 12.7.